The summed E-state index contributed by atoms with van der Waals surface area (Å²) in [5.41, 5.74) is 2.08. The minimum absolute atomic E-state index is 0.0987. The van der Waals surface area contributed by atoms with E-state index in [2.05, 4.69) is 29.2 Å². The molecule has 4 rings (SSSR count). The molecular formula is C22H24FNO. The number of carbonyl (C=O) groups is 1. The molecule has 2 aromatic carbocycles. The lowest BCUT2D eigenvalue weighted by molar-refractivity contribution is -0.166. The molecule has 1 saturated heterocycles. The van der Waals surface area contributed by atoms with Crippen LogP contribution in [0.5, 0.6) is 0 Å². The van der Waals surface area contributed by atoms with Gasteiger partial charge >= 0.3 is 0 Å². The number of hydrogen-bond donors (Lipinski definition) is 0. The van der Waals surface area contributed by atoms with Gasteiger partial charge in [0, 0.05) is 18.9 Å². The van der Waals surface area contributed by atoms with Crippen LogP contribution in [0.15, 0.2) is 54.6 Å². The summed E-state index contributed by atoms with van der Waals surface area (Å²) in [5.74, 6) is 0.551. The molecule has 1 saturated carbocycles. The molecule has 2 atom stereocenters. The number of halogens is 1. The van der Waals surface area contributed by atoms with Crippen molar-refractivity contribution in [3.05, 3.63) is 71.5 Å². The van der Waals surface area contributed by atoms with Gasteiger partial charge in [-0.15, -0.1) is 0 Å². The second-order valence-electron chi connectivity index (χ2n) is 7.37. The van der Waals surface area contributed by atoms with E-state index in [0.717, 1.165) is 18.5 Å². The minimum Gasteiger partial charge on any atom is -0.332 e. The van der Waals surface area contributed by atoms with E-state index < -0.39 is 0 Å². The highest BCUT2D eigenvalue weighted by atomic mass is 19.1. The summed E-state index contributed by atoms with van der Waals surface area (Å²) in [4.78, 5) is 15.1. The van der Waals surface area contributed by atoms with Crippen LogP contribution >= 0.6 is 0 Å². The third-order valence-corrected chi connectivity index (χ3v) is 6.01. The highest BCUT2D eigenvalue weighted by molar-refractivity contribution is 5.79. The molecule has 3 heteroatoms. The van der Waals surface area contributed by atoms with E-state index in [1.54, 1.807) is 6.07 Å². The highest BCUT2D eigenvalue weighted by Crippen LogP contribution is 2.53. The number of amides is 1. The van der Waals surface area contributed by atoms with Crippen LogP contribution in [0.2, 0.25) is 0 Å². The molecule has 2 aromatic rings. The lowest BCUT2D eigenvalue weighted by atomic mass is 9.61. The van der Waals surface area contributed by atoms with Crippen molar-refractivity contribution >= 4 is 5.91 Å². The molecule has 25 heavy (non-hydrogen) atoms. The fourth-order valence-corrected chi connectivity index (χ4v) is 4.76. The lowest BCUT2D eigenvalue weighted by Gasteiger charge is -2.61. The quantitative estimate of drug-likeness (QED) is 0.793. The van der Waals surface area contributed by atoms with Crippen molar-refractivity contribution in [1.29, 1.82) is 0 Å². The zero-order valence-electron chi connectivity index (χ0n) is 14.5. The Morgan fingerprint density at radius 1 is 1.12 bits per heavy atom. The molecule has 0 unspecified atom stereocenters. The number of rotatable bonds is 4. The third-order valence-electron chi connectivity index (χ3n) is 6.01. The summed E-state index contributed by atoms with van der Waals surface area (Å²) in [6, 6.07) is 17.1. The molecule has 0 spiro atoms. The van der Waals surface area contributed by atoms with Gasteiger partial charge in [-0.25, -0.2) is 4.39 Å². The summed E-state index contributed by atoms with van der Waals surface area (Å²) >= 11 is 0. The van der Waals surface area contributed by atoms with Crippen molar-refractivity contribution in [1.82, 2.24) is 4.90 Å². The van der Waals surface area contributed by atoms with Crippen LogP contribution in [-0.2, 0) is 16.8 Å². The van der Waals surface area contributed by atoms with Gasteiger partial charge in [-0.3, -0.25) is 4.79 Å². The zero-order chi connectivity index (χ0) is 17.3. The Kier molecular flexibility index (Phi) is 4.32. The first-order chi connectivity index (χ1) is 12.2. The first kappa shape index (κ1) is 16.3. The van der Waals surface area contributed by atoms with Crippen molar-refractivity contribution in [2.24, 2.45) is 5.92 Å². The maximum absolute atomic E-state index is 13.3. The van der Waals surface area contributed by atoms with Gasteiger partial charge in [0.25, 0.3) is 0 Å². The first-order valence-electron chi connectivity index (χ1n) is 9.30. The normalized spacial score (nSPS) is 25.2. The number of aryl methyl sites for hydroxylation is 1. The fraction of sp³-hybridized carbons (Fsp3) is 0.409. The predicted molar refractivity (Wildman–Crippen MR) is 96.5 cm³/mol. The molecule has 0 N–H and O–H groups in total. The summed E-state index contributed by atoms with van der Waals surface area (Å²) in [7, 11) is 0. The second kappa shape index (κ2) is 6.62. The Balaban J connectivity index is 1.52. The molecule has 0 aromatic heterocycles. The molecule has 1 aliphatic carbocycles. The van der Waals surface area contributed by atoms with Crippen molar-refractivity contribution in [3.63, 3.8) is 0 Å². The Morgan fingerprint density at radius 2 is 1.96 bits per heavy atom. The fourth-order valence-electron chi connectivity index (χ4n) is 4.76. The van der Waals surface area contributed by atoms with Gasteiger partial charge in [-0.2, -0.15) is 0 Å². The second-order valence-corrected chi connectivity index (χ2v) is 7.37. The number of hydrogen-bond acceptors (Lipinski definition) is 1. The van der Waals surface area contributed by atoms with E-state index in [4.69, 9.17) is 0 Å². The highest BCUT2D eigenvalue weighted by Gasteiger charge is 2.56. The van der Waals surface area contributed by atoms with Crippen molar-refractivity contribution in [2.75, 3.05) is 6.54 Å². The Labute approximate surface area is 148 Å². The van der Waals surface area contributed by atoms with Gasteiger partial charge in [0.15, 0.2) is 0 Å². The number of nitrogens with zero attached hydrogens (tertiary/aromatic N) is 1. The average molecular weight is 337 g/mol. The SMILES string of the molecule is O=C(CCc1cccc(F)c1)N1C[C@@H]2CCCC[C@@]21c1ccccc1. The van der Waals surface area contributed by atoms with E-state index in [1.807, 2.05) is 12.1 Å². The smallest absolute Gasteiger partial charge is 0.223 e. The minimum atomic E-state index is -0.234. The lowest BCUT2D eigenvalue weighted by Crippen LogP contribution is -2.67. The molecule has 130 valence electrons. The zero-order valence-corrected chi connectivity index (χ0v) is 14.5. The number of likely N-dealkylation sites (tertiary alicyclic amines) is 1. The van der Waals surface area contributed by atoms with Crippen LogP contribution in [0, 0.1) is 11.7 Å². The van der Waals surface area contributed by atoms with E-state index in [9.17, 15) is 9.18 Å². The standard InChI is InChI=1S/C22H24FNO/c23-20-11-6-7-17(15-20)12-13-21(25)24-16-19-10-4-5-14-22(19,24)18-8-2-1-3-9-18/h1-3,6-9,11,15,19H,4-5,10,12-14,16H2/t19-,22+/m0/s1. The van der Waals surface area contributed by atoms with Crippen LogP contribution in [0.3, 0.4) is 0 Å². The summed E-state index contributed by atoms with van der Waals surface area (Å²) in [6.45, 7) is 0.872. The molecule has 0 radical (unpaired) electrons. The maximum atomic E-state index is 13.3. The number of benzene rings is 2. The summed E-state index contributed by atoms with van der Waals surface area (Å²) in [5, 5.41) is 0. The van der Waals surface area contributed by atoms with Gasteiger partial charge < -0.3 is 4.90 Å². The molecule has 1 heterocycles. The Morgan fingerprint density at radius 3 is 2.72 bits per heavy atom. The summed E-state index contributed by atoms with van der Waals surface area (Å²) < 4.78 is 13.3. The molecule has 1 amide bonds. The van der Waals surface area contributed by atoms with Crippen LogP contribution in [0.4, 0.5) is 4.39 Å². The van der Waals surface area contributed by atoms with Crippen molar-refractivity contribution in [2.45, 2.75) is 44.1 Å². The van der Waals surface area contributed by atoms with Crippen LogP contribution in [0.1, 0.15) is 43.2 Å². The van der Waals surface area contributed by atoms with Crippen molar-refractivity contribution in [3.8, 4) is 0 Å². The number of fused-ring (bicyclic) bond motifs is 1. The van der Waals surface area contributed by atoms with E-state index in [0.29, 0.717) is 18.8 Å². The van der Waals surface area contributed by atoms with Gasteiger partial charge in [0.1, 0.15) is 5.82 Å². The van der Waals surface area contributed by atoms with E-state index in [-0.39, 0.29) is 17.3 Å². The van der Waals surface area contributed by atoms with Gasteiger partial charge in [0.2, 0.25) is 5.91 Å². The monoisotopic (exact) mass is 337 g/mol. The van der Waals surface area contributed by atoms with Crippen LogP contribution in [-0.4, -0.2) is 17.4 Å². The van der Waals surface area contributed by atoms with E-state index >= 15 is 0 Å². The van der Waals surface area contributed by atoms with Crippen LogP contribution in [0.25, 0.3) is 0 Å². The molecular weight excluding hydrogens is 313 g/mol. The number of carbonyl (C=O) groups excluding carboxylic acids is 1. The largest absolute Gasteiger partial charge is 0.332 e. The van der Waals surface area contributed by atoms with Gasteiger partial charge in [-0.05, 0) is 42.5 Å². The third kappa shape index (κ3) is 2.86. The van der Waals surface area contributed by atoms with Crippen molar-refractivity contribution < 1.29 is 9.18 Å². The topological polar surface area (TPSA) is 20.3 Å². The Bertz CT molecular complexity index is 760. The Hall–Kier alpha value is -2.16. The predicted octanol–water partition coefficient (Wildman–Crippen LogP) is 4.69. The molecule has 0 bridgehead atoms. The van der Waals surface area contributed by atoms with E-state index in [1.165, 1.54) is 37.0 Å². The maximum Gasteiger partial charge on any atom is 0.223 e. The first-order valence-corrected chi connectivity index (χ1v) is 9.30. The summed E-state index contributed by atoms with van der Waals surface area (Å²) in [6.07, 6.45) is 5.77. The molecule has 2 fully saturated rings. The molecule has 2 aliphatic rings. The van der Waals surface area contributed by atoms with Gasteiger partial charge in [-0.1, -0.05) is 55.3 Å². The molecule has 2 nitrogen and oxygen atoms in total. The van der Waals surface area contributed by atoms with Gasteiger partial charge in [0.05, 0.1) is 5.54 Å². The molecule has 1 aliphatic heterocycles. The van der Waals surface area contributed by atoms with Crippen LogP contribution < -0.4 is 0 Å². The average Bonchev–Trinajstić information content (AvgIpc) is 2.62.